The molecule has 0 radical (unpaired) electrons. The molecule has 0 aromatic rings. The summed E-state index contributed by atoms with van der Waals surface area (Å²) >= 11 is 0. The summed E-state index contributed by atoms with van der Waals surface area (Å²) in [6.07, 6.45) is 10.5. The number of carbonyl (C=O) groups is 1. The lowest BCUT2D eigenvalue weighted by Gasteiger charge is -2.59. The summed E-state index contributed by atoms with van der Waals surface area (Å²) in [5.74, 6) is 2.61. The minimum atomic E-state index is -1.14. The molecule has 8 heteroatoms. The highest BCUT2D eigenvalue weighted by Crippen LogP contribution is 2.87. The summed E-state index contributed by atoms with van der Waals surface area (Å²) in [5.41, 5.74) is -0.00226. The van der Waals surface area contributed by atoms with Gasteiger partial charge in [-0.2, -0.15) is 0 Å². The van der Waals surface area contributed by atoms with Crippen LogP contribution in [0.1, 0.15) is 98.8 Å². The first kappa shape index (κ1) is 30.7. The van der Waals surface area contributed by atoms with Gasteiger partial charge in [0.25, 0.3) is 0 Å². The molecule has 2 spiro atoms. The number of amides is 1. The van der Waals surface area contributed by atoms with Crippen molar-refractivity contribution in [3.8, 4) is 0 Å². The molecule has 2 heterocycles. The molecule has 43 heavy (non-hydrogen) atoms. The van der Waals surface area contributed by atoms with Crippen LogP contribution in [0.3, 0.4) is 0 Å². The number of rotatable bonds is 6. The maximum atomic E-state index is 12.9. The smallest absolute Gasteiger partial charge is 0.407 e. The first-order chi connectivity index (χ1) is 20.3. The molecule has 8 unspecified atom stereocenters. The van der Waals surface area contributed by atoms with E-state index >= 15 is 0 Å². The lowest BCUT2D eigenvalue weighted by atomic mass is 9.46. The Kier molecular flexibility index (Phi) is 7.53. The third-order valence-corrected chi connectivity index (χ3v) is 14.7. The van der Waals surface area contributed by atoms with Crippen molar-refractivity contribution in [2.45, 2.75) is 129 Å². The first-order valence-electron chi connectivity index (χ1n) is 17.6. The van der Waals surface area contributed by atoms with E-state index in [4.69, 9.17) is 14.2 Å². The second-order valence-corrected chi connectivity index (χ2v) is 17.2. The average Bonchev–Trinajstić information content (AvgIpc) is 3.54. The number of nitrogens with one attached hydrogen (secondary N) is 1. The van der Waals surface area contributed by atoms with E-state index in [0.717, 1.165) is 64.4 Å². The zero-order valence-corrected chi connectivity index (χ0v) is 27.4. The summed E-state index contributed by atoms with van der Waals surface area (Å²) in [6.45, 7) is 15.6. The van der Waals surface area contributed by atoms with Gasteiger partial charge in [-0.1, -0.05) is 20.8 Å². The summed E-state index contributed by atoms with van der Waals surface area (Å²) < 4.78 is 18.3. The van der Waals surface area contributed by atoms with Crippen molar-refractivity contribution < 1.29 is 29.2 Å². The molecule has 5 saturated carbocycles. The maximum Gasteiger partial charge on any atom is 0.407 e. The molecule has 7 fully saturated rings. The highest BCUT2D eigenvalue weighted by Gasteiger charge is 2.81. The molecule has 0 bridgehead atoms. The van der Waals surface area contributed by atoms with Crippen LogP contribution >= 0.6 is 0 Å². The van der Waals surface area contributed by atoms with Crippen LogP contribution in [-0.4, -0.2) is 90.6 Å². The summed E-state index contributed by atoms with van der Waals surface area (Å²) in [6, 6.07) is 0. The topological polar surface area (TPSA) is 100 Å². The van der Waals surface area contributed by atoms with Crippen LogP contribution in [0.15, 0.2) is 0 Å². The van der Waals surface area contributed by atoms with Crippen molar-refractivity contribution in [2.24, 2.45) is 45.3 Å². The fourth-order valence-corrected chi connectivity index (χ4v) is 12.5. The zero-order chi connectivity index (χ0) is 30.4. The number of hydrogen-bond donors (Lipinski definition) is 3. The number of morpholine rings is 1. The number of fused-ring (bicyclic) bond motifs is 4. The van der Waals surface area contributed by atoms with Crippen molar-refractivity contribution in [3.05, 3.63) is 0 Å². The third kappa shape index (κ3) is 4.73. The Hall–Kier alpha value is -0.930. The van der Waals surface area contributed by atoms with Crippen LogP contribution in [0.2, 0.25) is 0 Å². The van der Waals surface area contributed by atoms with Gasteiger partial charge in [-0.25, -0.2) is 4.79 Å². The van der Waals surface area contributed by atoms with E-state index < -0.39 is 11.7 Å². The number of hydrogen-bond acceptors (Lipinski definition) is 7. The fourth-order valence-electron chi connectivity index (χ4n) is 12.5. The van der Waals surface area contributed by atoms with E-state index in [1.54, 1.807) is 13.8 Å². The SMILES string of the molecule is CC12CC[C@@]34CC35CC[C@H](OC(=O)NCCN3CCOCC3)C(C)(C)C5CCC4C1CC1OC([C@H](O)C(C)(C)O)CCC12. The molecule has 2 aliphatic heterocycles. The molecule has 5 aliphatic carbocycles. The Morgan fingerprint density at radius 2 is 1.74 bits per heavy atom. The molecule has 7 rings (SSSR count). The van der Waals surface area contributed by atoms with Crippen LogP contribution in [0.4, 0.5) is 4.79 Å². The number of nitrogens with zero attached hydrogens (tertiary/aromatic N) is 1. The molecule has 11 atom stereocenters. The standard InChI is InChI=1S/C35H58N2O6/c1-31(2)27-9-7-22-24-20-26-23(6-8-25(42-26)29(38)32(3,4)40)33(24,5)12-13-34(22)21-35(27,34)11-10-28(31)43-30(39)36-14-15-37-16-18-41-19-17-37/h22-29,38,40H,6-21H2,1-5H3,(H,36,39)/t22?,23?,24?,25?,26?,27?,28-,29-,33?,34-,35?/m0/s1. The van der Waals surface area contributed by atoms with Gasteiger partial charge in [0.05, 0.1) is 31.0 Å². The van der Waals surface area contributed by atoms with E-state index in [1.165, 1.54) is 38.5 Å². The highest BCUT2D eigenvalue weighted by molar-refractivity contribution is 5.67. The number of carbonyl (C=O) groups excluding carboxylic acids is 1. The monoisotopic (exact) mass is 602 g/mol. The second-order valence-electron chi connectivity index (χ2n) is 17.2. The van der Waals surface area contributed by atoms with E-state index in [9.17, 15) is 15.0 Å². The van der Waals surface area contributed by atoms with E-state index in [2.05, 4.69) is 31.0 Å². The molecule has 244 valence electrons. The summed E-state index contributed by atoms with van der Waals surface area (Å²) in [5, 5.41) is 24.3. The van der Waals surface area contributed by atoms with Gasteiger partial charge in [0.1, 0.15) is 12.2 Å². The maximum absolute atomic E-state index is 12.9. The van der Waals surface area contributed by atoms with Gasteiger partial charge in [-0.3, -0.25) is 4.90 Å². The largest absolute Gasteiger partial charge is 0.446 e. The minimum absolute atomic E-state index is 0.0255. The molecule has 7 aliphatic rings. The van der Waals surface area contributed by atoms with Crippen molar-refractivity contribution >= 4 is 6.09 Å². The van der Waals surface area contributed by atoms with Gasteiger partial charge in [-0.05, 0) is 118 Å². The normalized spacial score (nSPS) is 47.7. The summed E-state index contributed by atoms with van der Waals surface area (Å²) in [7, 11) is 0. The van der Waals surface area contributed by atoms with Gasteiger partial charge in [-0.15, -0.1) is 0 Å². The molecule has 1 amide bonds. The quantitative estimate of drug-likeness (QED) is 0.403. The van der Waals surface area contributed by atoms with Crippen molar-refractivity contribution in [1.29, 1.82) is 0 Å². The Balaban J connectivity index is 1.00. The molecule has 2 saturated heterocycles. The van der Waals surface area contributed by atoms with Crippen molar-refractivity contribution in [1.82, 2.24) is 10.2 Å². The van der Waals surface area contributed by atoms with E-state index in [0.29, 0.717) is 40.5 Å². The Morgan fingerprint density at radius 1 is 1.00 bits per heavy atom. The van der Waals surface area contributed by atoms with E-state index in [1.807, 2.05) is 0 Å². The summed E-state index contributed by atoms with van der Waals surface area (Å²) in [4.78, 5) is 15.2. The molecule has 0 aromatic carbocycles. The minimum Gasteiger partial charge on any atom is -0.446 e. The Labute approximate surface area is 259 Å². The molecule has 3 N–H and O–H groups in total. The molecule has 0 aromatic heterocycles. The zero-order valence-electron chi connectivity index (χ0n) is 27.4. The van der Waals surface area contributed by atoms with Gasteiger partial charge >= 0.3 is 6.09 Å². The lowest BCUT2D eigenvalue weighted by molar-refractivity contribution is -0.177. The molecular weight excluding hydrogens is 544 g/mol. The van der Waals surface area contributed by atoms with Crippen molar-refractivity contribution in [2.75, 3.05) is 39.4 Å². The van der Waals surface area contributed by atoms with Gasteiger partial charge in [0.2, 0.25) is 0 Å². The van der Waals surface area contributed by atoms with Gasteiger partial charge in [0, 0.05) is 31.6 Å². The predicted octanol–water partition coefficient (Wildman–Crippen LogP) is 4.75. The fraction of sp³-hybridized carbons (Fsp3) is 0.971. The van der Waals surface area contributed by atoms with Crippen LogP contribution in [0.5, 0.6) is 0 Å². The van der Waals surface area contributed by atoms with Crippen LogP contribution in [0.25, 0.3) is 0 Å². The van der Waals surface area contributed by atoms with Crippen LogP contribution < -0.4 is 5.32 Å². The number of aliphatic hydroxyl groups is 2. The van der Waals surface area contributed by atoms with Crippen molar-refractivity contribution in [3.63, 3.8) is 0 Å². The average molecular weight is 603 g/mol. The third-order valence-electron chi connectivity index (χ3n) is 14.7. The second kappa shape index (κ2) is 10.5. The Morgan fingerprint density at radius 3 is 2.49 bits per heavy atom. The molecular formula is C35H58N2O6. The lowest BCUT2D eigenvalue weighted by Crippen LogP contribution is -2.55. The van der Waals surface area contributed by atoms with Gasteiger partial charge < -0.3 is 29.7 Å². The van der Waals surface area contributed by atoms with Crippen LogP contribution in [-0.2, 0) is 14.2 Å². The van der Waals surface area contributed by atoms with Crippen LogP contribution in [0, 0.1) is 45.3 Å². The molecule has 8 nitrogen and oxygen atoms in total. The van der Waals surface area contributed by atoms with E-state index in [-0.39, 0.29) is 29.8 Å². The first-order valence-corrected chi connectivity index (χ1v) is 17.6. The number of aliphatic hydroxyl groups excluding tert-OH is 1. The Bertz CT molecular complexity index is 1070. The highest BCUT2D eigenvalue weighted by atomic mass is 16.6. The van der Waals surface area contributed by atoms with Gasteiger partial charge in [0.15, 0.2) is 0 Å². The number of ether oxygens (including phenoxy) is 3. The predicted molar refractivity (Wildman–Crippen MR) is 163 cm³/mol. The number of alkyl carbamates (subject to hydrolysis) is 1.